The molecule has 0 spiro atoms. The highest BCUT2D eigenvalue weighted by atomic mass is 16.5. The molecule has 2 aromatic rings. The van der Waals surface area contributed by atoms with E-state index in [2.05, 4.69) is 43.2 Å². The van der Waals surface area contributed by atoms with Gasteiger partial charge in [-0.2, -0.15) is 0 Å². The van der Waals surface area contributed by atoms with E-state index in [1.165, 1.54) is 27.7 Å². The summed E-state index contributed by atoms with van der Waals surface area (Å²) in [6, 6.07) is 4.22. The van der Waals surface area contributed by atoms with Gasteiger partial charge in [0, 0.05) is 35.1 Å². The summed E-state index contributed by atoms with van der Waals surface area (Å²) in [4.78, 5) is 3.60. The summed E-state index contributed by atoms with van der Waals surface area (Å²) in [5.74, 6) is 0.937. The maximum absolute atomic E-state index is 5.37. The van der Waals surface area contributed by atoms with Crippen LogP contribution in [0.3, 0.4) is 0 Å². The lowest BCUT2D eigenvalue weighted by Crippen LogP contribution is -2.44. The van der Waals surface area contributed by atoms with Crippen molar-refractivity contribution in [2.24, 2.45) is 0 Å². The highest BCUT2D eigenvalue weighted by Gasteiger charge is 2.27. The van der Waals surface area contributed by atoms with Crippen LogP contribution in [0.25, 0.3) is 10.9 Å². The van der Waals surface area contributed by atoms with Gasteiger partial charge in [-0.25, -0.2) is 0 Å². The van der Waals surface area contributed by atoms with E-state index in [1.54, 1.807) is 7.11 Å². The fraction of sp³-hybridized carbons (Fsp3) is 0.467. The molecule has 0 saturated heterocycles. The monoisotopic (exact) mass is 244 g/mol. The molecule has 0 saturated carbocycles. The van der Waals surface area contributed by atoms with Gasteiger partial charge in [0.25, 0.3) is 0 Å². The van der Waals surface area contributed by atoms with Crippen LogP contribution in [0.2, 0.25) is 0 Å². The van der Waals surface area contributed by atoms with Crippen LogP contribution >= 0.6 is 0 Å². The van der Waals surface area contributed by atoms with E-state index in [-0.39, 0.29) is 5.54 Å². The summed E-state index contributed by atoms with van der Waals surface area (Å²) in [7, 11) is 1.72. The molecule has 2 N–H and O–H groups in total. The molecule has 96 valence electrons. The molecule has 3 rings (SSSR count). The second-order valence-electron chi connectivity index (χ2n) is 5.86. The lowest BCUT2D eigenvalue weighted by atomic mass is 9.91. The number of rotatable bonds is 1. The Kier molecular flexibility index (Phi) is 2.42. The number of fused-ring (bicyclic) bond motifs is 3. The van der Waals surface area contributed by atoms with Gasteiger partial charge in [0.2, 0.25) is 0 Å². The zero-order chi connectivity index (χ0) is 12.9. The largest absolute Gasteiger partial charge is 0.497 e. The summed E-state index contributed by atoms with van der Waals surface area (Å²) < 4.78 is 5.37. The van der Waals surface area contributed by atoms with Crippen molar-refractivity contribution < 1.29 is 4.74 Å². The molecule has 0 bridgehead atoms. The molecule has 0 unspecified atom stereocenters. The Morgan fingerprint density at radius 3 is 2.78 bits per heavy atom. The van der Waals surface area contributed by atoms with Gasteiger partial charge >= 0.3 is 0 Å². The molecule has 3 heteroatoms. The van der Waals surface area contributed by atoms with Crippen molar-refractivity contribution in [2.45, 2.75) is 39.3 Å². The van der Waals surface area contributed by atoms with Crippen molar-refractivity contribution in [3.8, 4) is 5.75 Å². The Balaban J connectivity index is 2.22. The lowest BCUT2D eigenvalue weighted by Gasteiger charge is -2.31. The van der Waals surface area contributed by atoms with Gasteiger partial charge in [0.1, 0.15) is 5.75 Å². The Labute approximate surface area is 108 Å². The highest BCUT2D eigenvalue weighted by Crippen LogP contribution is 2.33. The van der Waals surface area contributed by atoms with Crippen LogP contribution < -0.4 is 10.1 Å². The zero-order valence-corrected chi connectivity index (χ0v) is 11.5. The first kappa shape index (κ1) is 11.6. The van der Waals surface area contributed by atoms with E-state index in [0.29, 0.717) is 0 Å². The summed E-state index contributed by atoms with van der Waals surface area (Å²) >= 11 is 0. The molecule has 0 amide bonds. The number of hydrogen-bond acceptors (Lipinski definition) is 2. The van der Waals surface area contributed by atoms with Crippen LogP contribution in [-0.4, -0.2) is 17.6 Å². The van der Waals surface area contributed by atoms with Crippen LogP contribution in [0.4, 0.5) is 0 Å². The maximum atomic E-state index is 5.37. The van der Waals surface area contributed by atoms with Gasteiger partial charge < -0.3 is 15.0 Å². The van der Waals surface area contributed by atoms with E-state index in [0.717, 1.165) is 18.7 Å². The molecular weight excluding hydrogens is 224 g/mol. The minimum absolute atomic E-state index is 0.172. The third kappa shape index (κ3) is 1.70. The SMILES string of the molecule is COc1cc(C)c2[nH]c3c(c2c1)CNC(C)(C)C3. The smallest absolute Gasteiger partial charge is 0.119 e. The molecule has 0 aliphatic carbocycles. The van der Waals surface area contributed by atoms with Gasteiger partial charge in [0.15, 0.2) is 0 Å². The van der Waals surface area contributed by atoms with Crippen molar-refractivity contribution in [3.05, 3.63) is 29.0 Å². The van der Waals surface area contributed by atoms with E-state index in [9.17, 15) is 0 Å². The molecule has 0 radical (unpaired) electrons. The molecule has 3 nitrogen and oxygen atoms in total. The van der Waals surface area contributed by atoms with Gasteiger partial charge in [-0.15, -0.1) is 0 Å². The quantitative estimate of drug-likeness (QED) is 0.809. The Morgan fingerprint density at radius 2 is 2.06 bits per heavy atom. The number of aromatic amines is 1. The average molecular weight is 244 g/mol. The fourth-order valence-corrected chi connectivity index (χ4v) is 2.85. The average Bonchev–Trinajstić information content (AvgIpc) is 2.65. The Hall–Kier alpha value is -1.48. The summed E-state index contributed by atoms with van der Waals surface area (Å²) in [5.41, 5.74) is 5.43. The van der Waals surface area contributed by atoms with Crippen LogP contribution in [0, 0.1) is 6.92 Å². The molecule has 1 aliphatic heterocycles. The first-order valence-electron chi connectivity index (χ1n) is 6.43. The van der Waals surface area contributed by atoms with Crippen LogP contribution in [0.1, 0.15) is 30.7 Å². The van der Waals surface area contributed by atoms with Crippen molar-refractivity contribution in [1.82, 2.24) is 10.3 Å². The van der Waals surface area contributed by atoms with Crippen molar-refractivity contribution >= 4 is 10.9 Å². The van der Waals surface area contributed by atoms with E-state index in [4.69, 9.17) is 4.74 Å². The number of nitrogens with one attached hydrogen (secondary N) is 2. The van der Waals surface area contributed by atoms with E-state index in [1.807, 2.05) is 0 Å². The van der Waals surface area contributed by atoms with Gasteiger partial charge in [-0.3, -0.25) is 0 Å². The number of ether oxygens (including phenoxy) is 1. The number of aryl methyl sites for hydroxylation is 1. The Morgan fingerprint density at radius 1 is 1.28 bits per heavy atom. The number of hydrogen-bond donors (Lipinski definition) is 2. The van der Waals surface area contributed by atoms with Gasteiger partial charge in [-0.05, 0) is 44.0 Å². The number of methoxy groups -OCH3 is 1. The standard InChI is InChI=1S/C15H20N2O/c1-9-5-10(18-4)6-11-12-8-16-15(2,3)7-13(12)17-14(9)11/h5-6,16-17H,7-8H2,1-4H3. The van der Waals surface area contributed by atoms with Crippen LogP contribution in [-0.2, 0) is 13.0 Å². The lowest BCUT2D eigenvalue weighted by molar-refractivity contribution is 0.360. The van der Waals surface area contributed by atoms with Crippen molar-refractivity contribution in [1.29, 1.82) is 0 Å². The normalized spacial score (nSPS) is 17.8. The summed E-state index contributed by atoms with van der Waals surface area (Å²) in [6.07, 6.45) is 1.04. The number of aromatic nitrogens is 1. The first-order chi connectivity index (χ1) is 8.50. The van der Waals surface area contributed by atoms with Crippen molar-refractivity contribution in [2.75, 3.05) is 7.11 Å². The Bertz CT molecular complexity index is 610. The van der Waals surface area contributed by atoms with Crippen molar-refractivity contribution in [3.63, 3.8) is 0 Å². The molecular formula is C15H20N2O. The molecule has 1 aliphatic rings. The molecule has 1 aromatic carbocycles. The van der Waals surface area contributed by atoms with Gasteiger partial charge in [0.05, 0.1) is 7.11 Å². The second-order valence-corrected chi connectivity index (χ2v) is 5.86. The maximum Gasteiger partial charge on any atom is 0.119 e. The minimum atomic E-state index is 0.172. The van der Waals surface area contributed by atoms with E-state index >= 15 is 0 Å². The molecule has 18 heavy (non-hydrogen) atoms. The van der Waals surface area contributed by atoms with Gasteiger partial charge in [-0.1, -0.05) is 0 Å². The predicted octanol–water partition coefficient (Wildman–Crippen LogP) is 2.91. The summed E-state index contributed by atoms with van der Waals surface area (Å²) in [6.45, 7) is 7.55. The first-order valence-corrected chi connectivity index (χ1v) is 6.43. The highest BCUT2D eigenvalue weighted by molar-refractivity contribution is 5.89. The topological polar surface area (TPSA) is 37.0 Å². The molecule has 1 aromatic heterocycles. The molecule has 0 fully saturated rings. The zero-order valence-electron chi connectivity index (χ0n) is 11.5. The fourth-order valence-electron chi connectivity index (χ4n) is 2.85. The van der Waals surface area contributed by atoms with Crippen LogP contribution in [0.15, 0.2) is 12.1 Å². The molecule has 0 atom stereocenters. The van der Waals surface area contributed by atoms with Crippen LogP contribution in [0.5, 0.6) is 5.75 Å². The van der Waals surface area contributed by atoms with E-state index < -0.39 is 0 Å². The molecule has 2 heterocycles. The third-order valence-corrected chi connectivity index (χ3v) is 3.87. The number of H-pyrrole nitrogens is 1. The summed E-state index contributed by atoms with van der Waals surface area (Å²) in [5, 5.41) is 4.89. The second kappa shape index (κ2) is 3.75. The minimum Gasteiger partial charge on any atom is -0.497 e. The predicted molar refractivity (Wildman–Crippen MR) is 74.2 cm³/mol. The number of benzene rings is 1. The third-order valence-electron chi connectivity index (χ3n) is 3.87.